The number of anilines is 1. The SMILES string of the molecule is C[C@@H](N)C(=O)Nc1sc2c(c1C#N)CCC2. The van der Waals surface area contributed by atoms with Crippen LogP contribution in [-0.4, -0.2) is 11.9 Å². The lowest BCUT2D eigenvalue weighted by Crippen LogP contribution is -2.32. The number of carbonyl (C=O) groups excluding carboxylic acids is 1. The van der Waals surface area contributed by atoms with Gasteiger partial charge in [0.1, 0.15) is 11.1 Å². The second-order valence-electron chi connectivity index (χ2n) is 3.95. The summed E-state index contributed by atoms with van der Waals surface area (Å²) < 4.78 is 0. The summed E-state index contributed by atoms with van der Waals surface area (Å²) in [5.74, 6) is -0.239. The van der Waals surface area contributed by atoms with Crippen molar-refractivity contribution in [3.63, 3.8) is 0 Å². The third-order valence-electron chi connectivity index (χ3n) is 2.68. The standard InChI is InChI=1S/C11H13N3OS/c1-6(13)10(15)14-11-8(5-12)7-3-2-4-9(7)16-11/h6H,2-4,13H2,1H3,(H,14,15)/t6-/m1/s1. The molecular formula is C11H13N3OS. The van der Waals surface area contributed by atoms with Crippen molar-refractivity contribution in [2.24, 2.45) is 5.73 Å². The monoisotopic (exact) mass is 235 g/mol. The van der Waals surface area contributed by atoms with Gasteiger partial charge in [0.05, 0.1) is 11.6 Å². The van der Waals surface area contributed by atoms with E-state index in [9.17, 15) is 4.79 Å². The summed E-state index contributed by atoms with van der Waals surface area (Å²) >= 11 is 1.51. The fourth-order valence-electron chi connectivity index (χ4n) is 1.84. The van der Waals surface area contributed by atoms with Crippen LogP contribution < -0.4 is 11.1 Å². The normalized spacial score (nSPS) is 15.3. The highest BCUT2D eigenvalue weighted by Gasteiger charge is 2.23. The Morgan fingerprint density at radius 1 is 1.62 bits per heavy atom. The number of amides is 1. The van der Waals surface area contributed by atoms with Crippen molar-refractivity contribution in [3.8, 4) is 6.07 Å². The molecule has 2 rings (SSSR count). The average Bonchev–Trinajstić information content (AvgIpc) is 2.77. The highest BCUT2D eigenvalue weighted by Crippen LogP contribution is 2.38. The largest absolute Gasteiger partial charge is 0.320 e. The number of rotatable bonds is 2. The van der Waals surface area contributed by atoms with Gasteiger partial charge in [-0.25, -0.2) is 0 Å². The molecule has 0 bridgehead atoms. The van der Waals surface area contributed by atoms with Gasteiger partial charge in [0.25, 0.3) is 0 Å². The molecule has 1 amide bonds. The molecule has 3 N–H and O–H groups in total. The van der Waals surface area contributed by atoms with Crippen LogP contribution in [0.1, 0.15) is 29.3 Å². The van der Waals surface area contributed by atoms with E-state index in [0.717, 1.165) is 24.8 Å². The van der Waals surface area contributed by atoms with Crippen LogP contribution in [0.25, 0.3) is 0 Å². The van der Waals surface area contributed by atoms with Gasteiger partial charge in [-0.2, -0.15) is 5.26 Å². The predicted molar refractivity (Wildman–Crippen MR) is 63.3 cm³/mol. The minimum absolute atomic E-state index is 0.239. The highest BCUT2D eigenvalue weighted by molar-refractivity contribution is 7.16. The van der Waals surface area contributed by atoms with Crippen LogP contribution in [0.3, 0.4) is 0 Å². The van der Waals surface area contributed by atoms with E-state index in [4.69, 9.17) is 11.0 Å². The molecule has 1 aliphatic carbocycles. The Hall–Kier alpha value is -1.38. The van der Waals surface area contributed by atoms with E-state index in [-0.39, 0.29) is 5.91 Å². The molecule has 1 heterocycles. The summed E-state index contributed by atoms with van der Waals surface area (Å²) in [5, 5.41) is 12.5. The van der Waals surface area contributed by atoms with Crippen molar-refractivity contribution < 1.29 is 4.79 Å². The molecule has 1 atom stereocenters. The van der Waals surface area contributed by atoms with Crippen LogP contribution in [0.15, 0.2) is 0 Å². The highest BCUT2D eigenvalue weighted by atomic mass is 32.1. The zero-order valence-electron chi connectivity index (χ0n) is 9.04. The summed E-state index contributed by atoms with van der Waals surface area (Å²) in [6.07, 6.45) is 3.07. The average molecular weight is 235 g/mol. The molecule has 0 aliphatic heterocycles. The maximum atomic E-state index is 11.5. The lowest BCUT2D eigenvalue weighted by Gasteiger charge is -2.06. The fraction of sp³-hybridized carbons (Fsp3) is 0.455. The first-order chi connectivity index (χ1) is 7.63. The fourth-order valence-corrected chi connectivity index (χ4v) is 3.08. The molecule has 0 radical (unpaired) electrons. The molecule has 0 spiro atoms. The van der Waals surface area contributed by atoms with Gasteiger partial charge in [0.2, 0.25) is 5.91 Å². The van der Waals surface area contributed by atoms with E-state index >= 15 is 0 Å². The third kappa shape index (κ3) is 1.82. The van der Waals surface area contributed by atoms with Gasteiger partial charge in [-0.15, -0.1) is 11.3 Å². The molecule has 1 aromatic heterocycles. The molecule has 1 aliphatic rings. The first kappa shape index (κ1) is 11.1. The molecule has 0 aromatic carbocycles. The maximum absolute atomic E-state index is 11.5. The molecule has 1 aromatic rings. The van der Waals surface area contributed by atoms with Gasteiger partial charge in [-0.3, -0.25) is 4.79 Å². The molecule has 0 saturated heterocycles. The smallest absolute Gasteiger partial charge is 0.241 e. The van der Waals surface area contributed by atoms with E-state index in [1.165, 1.54) is 16.2 Å². The van der Waals surface area contributed by atoms with Gasteiger partial charge >= 0.3 is 0 Å². The summed E-state index contributed by atoms with van der Waals surface area (Å²) in [7, 11) is 0. The Morgan fingerprint density at radius 3 is 3.00 bits per heavy atom. The van der Waals surface area contributed by atoms with Crippen molar-refractivity contribution >= 4 is 22.2 Å². The van der Waals surface area contributed by atoms with Crippen LogP contribution in [0, 0.1) is 11.3 Å². The number of carbonyl (C=O) groups is 1. The molecule has 0 unspecified atom stereocenters. The second kappa shape index (κ2) is 4.24. The molecule has 84 valence electrons. The zero-order valence-corrected chi connectivity index (χ0v) is 9.86. The van der Waals surface area contributed by atoms with Gasteiger partial charge in [-0.05, 0) is 31.7 Å². The summed E-state index contributed by atoms with van der Waals surface area (Å²) in [6.45, 7) is 1.63. The Labute approximate surface area is 98.1 Å². The van der Waals surface area contributed by atoms with E-state index in [1.54, 1.807) is 6.92 Å². The van der Waals surface area contributed by atoms with E-state index in [1.807, 2.05) is 0 Å². The molecular weight excluding hydrogens is 222 g/mol. The van der Waals surface area contributed by atoms with Crippen LogP contribution in [0.5, 0.6) is 0 Å². The molecule has 0 fully saturated rings. The number of aryl methyl sites for hydroxylation is 1. The number of hydrogen-bond donors (Lipinski definition) is 2. The van der Waals surface area contributed by atoms with Crippen molar-refractivity contribution in [2.75, 3.05) is 5.32 Å². The number of fused-ring (bicyclic) bond motifs is 1. The summed E-state index contributed by atoms with van der Waals surface area (Å²) in [5.41, 5.74) is 7.23. The zero-order chi connectivity index (χ0) is 11.7. The third-order valence-corrected chi connectivity index (χ3v) is 3.89. The van der Waals surface area contributed by atoms with Crippen molar-refractivity contribution in [3.05, 3.63) is 16.0 Å². The molecule has 0 saturated carbocycles. The number of nitriles is 1. The first-order valence-corrected chi connectivity index (χ1v) is 6.06. The number of nitrogens with zero attached hydrogens (tertiary/aromatic N) is 1. The van der Waals surface area contributed by atoms with Gasteiger partial charge in [-0.1, -0.05) is 0 Å². The second-order valence-corrected chi connectivity index (χ2v) is 5.06. The number of nitrogens with two attached hydrogens (primary N) is 1. The van der Waals surface area contributed by atoms with Crippen molar-refractivity contribution in [1.29, 1.82) is 5.26 Å². The van der Waals surface area contributed by atoms with Crippen LogP contribution in [0.2, 0.25) is 0 Å². The van der Waals surface area contributed by atoms with Gasteiger partial charge < -0.3 is 11.1 Å². The van der Waals surface area contributed by atoms with Crippen molar-refractivity contribution in [1.82, 2.24) is 0 Å². The first-order valence-electron chi connectivity index (χ1n) is 5.24. The predicted octanol–water partition coefficient (Wildman–Crippen LogP) is 1.39. The Balaban J connectivity index is 2.29. The van der Waals surface area contributed by atoms with E-state index in [0.29, 0.717) is 10.6 Å². The number of hydrogen-bond acceptors (Lipinski definition) is 4. The molecule has 5 heteroatoms. The topological polar surface area (TPSA) is 78.9 Å². The van der Waals surface area contributed by atoms with Gasteiger partial charge in [0.15, 0.2) is 0 Å². The Kier molecular flexibility index (Phi) is 2.95. The van der Waals surface area contributed by atoms with Crippen LogP contribution >= 0.6 is 11.3 Å². The summed E-state index contributed by atoms with van der Waals surface area (Å²) in [4.78, 5) is 12.7. The minimum atomic E-state index is -0.552. The number of nitrogens with one attached hydrogen (secondary N) is 1. The lowest BCUT2D eigenvalue weighted by atomic mass is 10.1. The number of thiophene rings is 1. The quantitative estimate of drug-likeness (QED) is 0.813. The lowest BCUT2D eigenvalue weighted by molar-refractivity contribution is -0.117. The van der Waals surface area contributed by atoms with E-state index in [2.05, 4.69) is 11.4 Å². The Bertz CT molecular complexity index is 470. The summed E-state index contributed by atoms with van der Waals surface area (Å²) in [6, 6.07) is 1.62. The van der Waals surface area contributed by atoms with Crippen molar-refractivity contribution in [2.45, 2.75) is 32.2 Å². The molecule has 4 nitrogen and oxygen atoms in total. The Morgan fingerprint density at radius 2 is 2.38 bits per heavy atom. The van der Waals surface area contributed by atoms with Crippen LogP contribution in [-0.2, 0) is 17.6 Å². The minimum Gasteiger partial charge on any atom is -0.320 e. The molecule has 16 heavy (non-hydrogen) atoms. The van der Waals surface area contributed by atoms with Gasteiger partial charge in [0, 0.05) is 4.88 Å². The maximum Gasteiger partial charge on any atom is 0.241 e. The van der Waals surface area contributed by atoms with E-state index < -0.39 is 6.04 Å². The van der Waals surface area contributed by atoms with Crippen LogP contribution in [0.4, 0.5) is 5.00 Å².